The molecule has 0 heterocycles. The van der Waals surface area contributed by atoms with Gasteiger partial charge in [-0.05, 0) is 19.5 Å². The summed E-state index contributed by atoms with van der Waals surface area (Å²) >= 11 is 0. The predicted octanol–water partition coefficient (Wildman–Crippen LogP) is 2.16. The van der Waals surface area contributed by atoms with Crippen molar-refractivity contribution in [2.75, 3.05) is 21.3 Å². The number of hydrogen-bond donors (Lipinski definition) is 1. The number of ether oxygens (including phenoxy) is 1. The molecule has 0 saturated heterocycles. The van der Waals surface area contributed by atoms with Crippen LogP contribution in [0.3, 0.4) is 0 Å². The van der Waals surface area contributed by atoms with Crippen LogP contribution in [0.4, 0.5) is 0 Å². The molecule has 0 amide bonds. The smallest absolute Gasteiger partial charge is 0.0351 e. The highest BCUT2D eigenvalue weighted by atomic mass is 16.4. The second kappa shape index (κ2) is 11.1. The number of nitrogens with one attached hydrogen (secondary N) is 1. The van der Waals surface area contributed by atoms with Crippen molar-refractivity contribution >= 4 is 0 Å². The largest absolute Gasteiger partial charge is 0.388 e. The highest BCUT2D eigenvalue weighted by Crippen LogP contribution is 2.01. The predicted molar refractivity (Wildman–Crippen MR) is 59.9 cm³/mol. The Labute approximate surface area is 82.0 Å². The summed E-state index contributed by atoms with van der Waals surface area (Å²) in [6.45, 7) is 9.39. The third-order valence-corrected chi connectivity index (χ3v) is 1.48. The summed E-state index contributed by atoms with van der Waals surface area (Å²) in [6.07, 6.45) is 5.56. The van der Waals surface area contributed by atoms with E-state index >= 15 is 0 Å². The molecule has 0 radical (unpaired) electrons. The lowest BCUT2D eigenvalue weighted by Crippen LogP contribution is -2.22. The van der Waals surface area contributed by atoms with Crippen molar-refractivity contribution in [1.82, 2.24) is 5.32 Å². The summed E-state index contributed by atoms with van der Waals surface area (Å²) in [4.78, 5) is 0. The molecule has 1 N–H and O–H groups in total. The van der Waals surface area contributed by atoms with Gasteiger partial charge in [0.1, 0.15) is 0 Å². The Morgan fingerprint density at radius 2 is 1.85 bits per heavy atom. The SMILES string of the molecule is C=C/C=C(\C=C)[C@@H](C)NC.COC. The zero-order chi connectivity index (χ0) is 10.7. The molecular formula is C11H21NO. The normalized spacial score (nSPS) is 12.5. The molecule has 2 heteroatoms. The second-order valence-electron chi connectivity index (χ2n) is 2.53. The monoisotopic (exact) mass is 183 g/mol. The number of hydrogen-bond acceptors (Lipinski definition) is 2. The summed E-state index contributed by atoms with van der Waals surface area (Å²) in [6, 6.07) is 0.357. The molecule has 13 heavy (non-hydrogen) atoms. The molecule has 2 nitrogen and oxygen atoms in total. The third kappa shape index (κ3) is 9.05. The van der Waals surface area contributed by atoms with E-state index in [1.54, 1.807) is 20.3 Å². The van der Waals surface area contributed by atoms with E-state index in [0.717, 1.165) is 5.57 Å². The van der Waals surface area contributed by atoms with Gasteiger partial charge >= 0.3 is 0 Å². The molecule has 0 unspecified atom stereocenters. The van der Waals surface area contributed by atoms with E-state index in [1.165, 1.54) is 0 Å². The van der Waals surface area contributed by atoms with Crippen molar-refractivity contribution in [3.8, 4) is 0 Å². The zero-order valence-corrected chi connectivity index (χ0v) is 9.13. The molecule has 0 aliphatic heterocycles. The van der Waals surface area contributed by atoms with E-state index in [0.29, 0.717) is 6.04 Å². The van der Waals surface area contributed by atoms with Gasteiger partial charge in [0.2, 0.25) is 0 Å². The molecule has 0 aliphatic rings. The van der Waals surface area contributed by atoms with Crippen LogP contribution in [0.15, 0.2) is 37.0 Å². The minimum absolute atomic E-state index is 0.357. The Morgan fingerprint density at radius 1 is 1.38 bits per heavy atom. The van der Waals surface area contributed by atoms with Gasteiger partial charge in [0.15, 0.2) is 0 Å². The number of allylic oxidation sites excluding steroid dienone is 2. The first-order chi connectivity index (χ1) is 6.17. The van der Waals surface area contributed by atoms with Gasteiger partial charge in [0, 0.05) is 20.3 Å². The molecule has 0 fully saturated rings. The van der Waals surface area contributed by atoms with Crippen molar-refractivity contribution in [1.29, 1.82) is 0 Å². The van der Waals surface area contributed by atoms with Gasteiger partial charge < -0.3 is 10.1 Å². The Kier molecular flexibility index (Phi) is 12.6. The lowest BCUT2D eigenvalue weighted by atomic mass is 10.1. The summed E-state index contributed by atoms with van der Waals surface area (Å²) in [7, 11) is 5.17. The van der Waals surface area contributed by atoms with Gasteiger partial charge in [-0.2, -0.15) is 0 Å². The van der Waals surface area contributed by atoms with Crippen molar-refractivity contribution in [2.24, 2.45) is 0 Å². The molecule has 1 atom stereocenters. The van der Waals surface area contributed by atoms with E-state index in [4.69, 9.17) is 0 Å². The van der Waals surface area contributed by atoms with E-state index in [9.17, 15) is 0 Å². The van der Waals surface area contributed by atoms with Crippen molar-refractivity contribution in [3.05, 3.63) is 37.0 Å². The molecule has 0 aromatic heterocycles. The van der Waals surface area contributed by atoms with Crippen LogP contribution in [-0.4, -0.2) is 27.3 Å². The Hall–Kier alpha value is -0.860. The average Bonchev–Trinajstić information content (AvgIpc) is 2.14. The van der Waals surface area contributed by atoms with Gasteiger partial charge in [-0.3, -0.25) is 0 Å². The van der Waals surface area contributed by atoms with Gasteiger partial charge in [-0.15, -0.1) is 0 Å². The first-order valence-electron chi connectivity index (χ1n) is 4.20. The standard InChI is InChI=1S/C9H15N.C2H6O/c1-5-7-9(6-2)8(3)10-4;1-3-2/h5-8,10H,1-2H2,3-4H3;1-2H3/b9-7+;/t8-;/m1./s1. The van der Waals surface area contributed by atoms with Crippen LogP contribution in [-0.2, 0) is 4.74 Å². The van der Waals surface area contributed by atoms with Crippen LogP contribution < -0.4 is 5.32 Å². The van der Waals surface area contributed by atoms with Gasteiger partial charge in [0.25, 0.3) is 0 Å². The zero-order valence-electron chi connectivity index (χ0n) is 9.13. The number of rotatable bonds is 4. The van der Waals surface area contributed by atoms with Gasteiger partial charge in [0.05, 0.1) is 0 Å². The van der Waals surface area contributed by atoms with E-state index in [-0.39, 0.29) is 0 Å². The van der Waals surface area contributed by atoms with Crippen molar-refractivity contribution < 1.29 is 4.74 Å². The highest BCUT2D eigenvalue weighted by Gasteiger charge is 1.98. The summed E-state index contributed by atoms with van der Waals surface area (Å²) in [5.41, 5.74) is 1.16. The van der Waals surface area contributed by atoms with E-state index in [2.05, 4.69) is 30.1 Å². The average molecular weight is 183 g/mol. The number of likely N-dealkylation sites (N-methyl/N-ethyl adjacent to an activating group) is 1. The highest BCUT2D eigenvalue weighted by molar-refractivity contribution is 5.25. The van der Waals surface area contributed by atoms with Crippen LogP contribution in [0.1, 0.15) is 6.92 Å². The summed E-state index contributed by atoms with van der Waals surface area (Å²) < 4.78 is 4.25. The first-order valence-corrected chi connectivity index (χ1v) is 4.20. The van der Waals surface area contributed by atoms with Crippen LogP contribution in [0.5, 0.6) is 0 Å². The number of methoxy groups -OCH3 is 1. The fraction of sp³-hybridized carbons (Fsp3) is 0.455. The van der Waals surface area contributed by atoms with Crippen LogP contribution in [0, 0.1) is 0 Å². The summed E-state index contributed by atoms with van der Waals surface area (Å²) in [5.74, 6) is 0. The first kappa shape index (κ1) is 14.7. The molecule has 0 aliphatic carbocycles. The minimum Gasteiger partial charge on any atom is -0.388 e. The van der Waals surface area contributed by atoms with E-state index < -0.39 is 0 Å². The Bertz CT molecular complexity index is 161. The molecule has 0 rings (SSSR count). The van der Waals surface area contributed by atoms with Crippen LogP contribution in [0.2, 0.25) is 0 Å². The lowest BCUT2D eigenvalue weighted by molar-refractivity contribution is 0.277. The fourth-order valence-electron chi connectivity index (χ4n) is 0.692. The topological polar surface area (TPSA) is 21.3 Å². The quantitative estimate of drug-likeness (QED) is 0.674. The van der Waals surface area contributed by atoms with Gasteiger partial charge in [-0.1, -0.05) is 31.4 Å². The maximum atomic E-state index is 4.25. The minimum atomic E-state index is 0.357. The molecule has 0 saturated carbocycles. The maximum Gasteiger partial charge on any atom is 0.0351 e. The molecule has 0 aromatic carbocycles. The van der Waals surface area contributed by atoms with Crippen molar-refractivity contribution in [3.63, 3.8) is 0 Å². The molecular weight excluding hydrogens is 162 g/mol. The van der Waals surface area contributed by atoms with E-state index in [1.807, 2.05) is 19.2 Å². The second-order valence-corrected chi connectivity index (χ2v) is 2.53. The van der Waals surface area contributed by atoms with Crippen LogP contribution >= 0.6 is 0 Å². The third-order valence-electron chi connectivity index (χ3n) is 1.48. The summed E-state index contributed by atoms with van der Waals surface area (Å²) in [5, 5.41) is 3.11. The Balaban J connectivity index is 0. The molecule has 0 aromatic rings. The lowest BCUT2D eigenvalue weighted by Gasteiger charge is -2.09. The molecule has 76 valence electrons. The Morgan fingerprint density at radius 3 is 2.08 bits per heavy atom. The molecule has 0 spiro atoms. The van der Waals surface area contributed by atoms with Crippen molar-refractivity contribution in [2.45, 2.75) is 13.0 Å². The van der Waals surface area contributed by atoms with Crippen LogP contribution in [0.25, 0.3) is 0 Å². The fourth-order valence-corrected chi connectivity index (χ4v) is 0.692. The maximum absolute atomic E-state index is 4.25. The molecule has 0 bridgehead atoms. The van der Waals surface area contributed by atoms with Gasteiger partial charge in [-0.25, -0.2) is 0 Å².